The average molecular weight is 277 g/mol. The van der Waals surface area contributed by atoms with Crippen LogP contribution in [0, 0.1) is 6.92 Å². The van der Waals surface area contributed by atoms with Gasteiger partial charge in [0, 0.05) is 0 Å². The van der Waals surface area contributed by atoms with Crippen molar-refractivity contribution in [1.29, 1.82) is 0 Å². The molecule has 4 nitrogen and oxygen atoms in total. The Morgan fingerprint density at radius 3 is 2.47 bits per heavy atom. The molecule has 17 heavy (non-hydrogen) atoms. The van der Waals surface area contributed by atoms with Crippen LogP contribution in [0.4, 0.5) is 10.6 Å². The van der Waals surface area contributed by atoms with Crippen molar-refractivity contribution < 1.29 is 9.53 Å². The maximum absolute atomic E-state index is 11.5. The van der Waals surface area contributed by atoms with E-state index in [2.05, 4.69) is 10.3 Å². The minimum atomic E-state index is -0.581. The monoisotopic (exact) mass is 276 g/mol. The van der Waals surface area contributed by atoms with Crippen molar-refractivity contribution in [2.24, 2.45) is 0 Å². The summed E-state index contributed by atoms with van der Waals surface area (Å²) in [6.07, 6.45) is -0.581. The van der Waals surface area contributed by atoms with E-state index in [9.17, 15) is 4.79 Å². The predicted molar refractivity (Wildman–Crippen MR) is 68.9 cm³/mol. The highest BCUT2D eigenvalue weighted by atomic mass is 35.5. The fourth-order valence-electron chi connectivity index (χ4n) is 1.09. The zero-order valence-electron chi connectivity index (χ0n) is 10.1. The van der Waals surface area contributed by atoms with Gasteiger partial charge in [0.25, 0.3) is 0 Å². The number of aromatic nitrogens is 1. The van der Waals surface area contributed by atoms with Crippen LogP contribution < -0.4 is 5.32 Å². The smallest absolute Gasteiger partial charge is 0.413 e. The summed E-state index contributed by atoms with van der Waals surface area (Å²) in [5.74, 6) is 0.311. The lowest BCUT2D eigenvalue weighted by Gasteiger charge is -2.19. The molecule has 0 atom stereocenters. The number of carbonyl (C=O) groups excluding carboxylic acids is 1. The molecule has 1 N–H and O–H groups in total. The molecule has 1 aromatic rings. The van der Waals surface area contributed by atoms with Crippen molar-refractivity contribution in [2.75, 3.05) is 5.32 Å². The van der Waals surface area contributed by atoms with Crippen LogP contribution in [-0.4, -0.2) is 16.7 Å². The van der Waals surface area contributed by atoms with Gasteiger partial charge in [0.05, 0.1) is 5.02 Å². The van der Waals surface area contributed by atoms with Crippen LogP contribution >= 0.6 is 23.2 Å². The van der Waals surface area contributed by atoms with Gasteiger partial charge >= 0.3 is 6.09 Å². The number of amides is 1. The molecule has 0 radical (unpaired) electrons. The van der Waals surface area contributed by atoms with Crippen molar-refractivity contribution in [1.82, 2.24) is 4.98 Å². The second kappa shape index (κ2) is 5.10. The number of anilines is 1. The zero-order chi connectivity index (χ0) is 13.2. The average Bonchev–Trinajstić information content (AvgIpc) is 2.10. The minimum absolute atomic E-state index is 0.151. The van der Waals surface area contributed by atoms with Crippen LogP contribution in [0.3, 0.4) is 0 Å². The summed E-state index contributed by atoms with van der Waals surface area (Å²) < 4.78 is 5.09. The van der Waals surface area contributed by atoms with E-state index in [4.69, 9.17) is 27.9 Å². The summed E-state index contributed by atoms with van der Waals surface area (Å²) in [4.78, 5) is 15.4. The van der Waals surface area contributed by atoms with Gasteiger partial charge in [0.2, 0.25) is 0 Å². The third-order valence-electron chi connectivity index (χ3n) is 1.73. The number of ether oxygens (including phenoxy) is 1. The Morgan fingerprint density at radius 1 is 1.41 bits per heavy atom. The van der Waals surface area contributed by atoms with Gasteiger partial charge in [-0.25, -0.2) is 9.78 Å². The Hall–Kier alpha value is -1.00. The highest BCUT2D eigenvalue weighted by Crippen LogP contribution is 2.26. The number of halogens is 2. The maximum atomic E-state index is 11.5. The molecule has 1 aromatic heterocycles. The molecule has 94 valence electrons. The summed E-state index contributed by atoms with van der Waals surface area (Å²) >= 11 is 11.7. The van der Waals surface area contributed by atoms with Gasteiger partial charge in [0.15, 0.2) is 0 Å². The highest BCUT2D eigenvalue weighted by Gasteiger charge is 2.17. The van der Waals surface area contributed by atoms with E-state index in [0.29, 0.717) is 10.8 Å². The second-order valence-electron chi connectivity index (χ2n) is 4.56. The van der Waals surface area contributed by atoms with Crippen LogP contribution in [0.15, 0.2) is 6.07 Å². The topological polar surface area (TPSA) is 51.2 Å². The molecule has 0 aliphatic heterocycles. The summed E-state index contributed by atoms with van der Waals surface area (Å²) in [6, 6.07) is 1.62. The number of nitrogens with one attached hydrogen (secondary N) is 1. The Morgan fingerprint density at radius 2 is 2.00 bits per heavy atom. The van der Waals surface area contributed by atoms with Crippen molar-refractivity contribution in [3.05, 3.63) is 21.8 Å². The molecule has 0 spiro atoms. The molecule has 0 aliphatic rings. The SMILES string of the molecule is Cc1cc(NC(=O)OC(C)(C)C)nc(Cl)c1Cl. The first-order valence-electron chi connectivity index (χ1n) is 5.01. The number of rotatable bonds is 1. The van der Waals surface area contributed by atoms with Crippen LogP contribution in [0.1, 0.15) is 26.3 Å². The van der Waals surface area contributed by atoms with Gasteiger partial charge in [-0.2, -0.15) is 0 Å². The maximum Gasteiger partial charge on any atom is 0.413 e. The molecule has 0 unspecified atom stereocenters. The first-order valence-corrected chi connectivity index (χ1v) is 5.77. The Labute approximate surface area is 110 Å². The normalized spacial score (nSPS) is 11.2. The van der Waals surface area contributed by atoms with Gasteiger partial charge < -0.3 is 4.74 Å². The Kier molecular flexibility index (Phi) is 4.22. The lowest BCUT2D eigenvalue weighted by atomic mass is 10.2. The van der Waals surface area contributed by atoms with Gasteiger partial charge in [-0.05, 0) is 39.3 Å². The number of carbonyl (C=O) groups is 1. The van der Waals surface area contributed by atoms with Gasteiger partial charge in [-0.1, -0.05) is 23.2 Å². The zero-order valence-corrected chi connectivity index (χ0v) is 11.6. The summed E-state index contributed by atoms with van der Waals surface area (Å²) in [7, 11) is 0. The summed E-state index contributed by atoms with van der Waals surface area (Å²) in [5.41, 5.74) is 0.174. The number of hydrogen-bond donors (Lipinski definition) is 1. The molecule has 0 saturated heterocycles. The molecule has 0 aromatic carbocycles. The van der Waals surface area contributed by atoms with E-state index in [1.165, 1.54) is 0 Å². The fraction of sp³-hybridized carbons (Fsp3) is 0.455. The molecule has 0 aliphatic carbocycles. The largest absolute Gasteiger partial charge is 0.444 e. The Bertz CT molecular complexity index is 419. The third-order valence-corrected chi connectivity index (χ3v) is 2.58. The standard InChI is InChI=1S/C11H14Cl2N2O2/c1-6-5-7(14-9(13)8(6)12)15-10(16)17-11(2,3)4/h5H,1-4H3,(H,14,15,16). The molecular formula is C11H14Cl2N2O2. The van der Waals surface area contributed by atoms with E-state index in [1.807, 2.05) is 0 Å². The molecule has 1 heterocycles. The van der Waals surface area contributed by atoms with Crippen LogP contribution in [0.25, 0.3) is 0 Å². The predicted octanol–water partition coefficient (Wildman–Crippen LogP) is 4.04. The lowest BCUT2D eigenvalue weighted by Crippen LogP contribution is -2.27. The third kappa shape index (κ3) is 4.40. The molecule has 0 saturated carbocycles. The van der Waals surface area contributed by atoms with Crippen molar-refractivity contribution in [2.45, 2.75) is 33.3 Å². The highest BCUT2D eigenvalue weighted by molar-refractivity contribution is 6.41. The van der Waals surface area contributed by atoms with E-state index in [-0.39, 0.29) is 5.15 Å². The Balaban J connectivity index is 2.79. The number of hydrogen-bond acceptors (Lipinski definition) is 3. The first kappa shape index (κ1) is 14.1. The van der Waals surface area contributed by atoms with Crippen molar-refractivity contribution in [3.8, 4) is 0 Å². The van der Waals surface area contributed by atoms with Gasteiger partial charge in [0.1, 0.15) is 16.6 Å². The molecule has 1 rings (SSSR count). The molecule has 0 bridgehead atoms. The van der Waals surface area contributed by atoms with E-state index < -0.39 is 11.7 Å². The van der Waals surface area contributed by atoms with Crippen LogP contribution in [-0.2, 0) is 4.74 Å². The number of aryl methyl sites for hydroxylation is 1. The van der Waals surface area contributed by atoms with Crippen molar-refractivity contribution >= 4 is 35.1 Å². The summed E-state index contributed by atoms with van der Waals surface area (Å²) in [6.45, 7) is 7.11. The minimum Gasteiger partial charge on any atom is -0.444 e. The number of pyridine rings is 1. The molecular weight excluding hydrogens is 263 g/mol. The first-order chi connectivity index (χ1) is 7.69. The van der Waals surface area contributed by atoms with Crippen LogP contribution in [0.2, 0.25) is 10.2 Å². The van der Waals surface area contributed by atoms with E-state index in [1.54, 1.807) is 33.8 Å². The summed E-state index contributed by atoms with van der Waals surface area (Å²) in [5, 5.41) is 3.02. The quantitative estimate of drug-likeness (QED) is 0.788. The number of nitrogens with zero attached hydrogens (tertiary/aromatic N) is 1. The second-order valence-corrected chi connectivity index (χ2v) is 5.29. The molecule has 0 fully saturated rings. The van der Waals surface area contributed by atoms with E-state index >= 15 is 0 Å². The van der Waals surface area contributed by atoms with Gasteiger partial charge in [-0.3, -0.25) is 5.32 Å². The lowest BCUT2D eigenvalue weighted by molar-refractivity contribution is 0.0635. The molecule has 6 heteroatoms. The van der Waals surface area contributed by atoms with Crippen molar-refractivity contribution in [3.63, 3.8) is 0 Å². The van der Waals surface area contributed by atoms with E-state index in [0.717, 1.165) is 5.56 Å². The van der Waals surface area contributed by atoms with Gasteiger partial charge in [-0.15, -0.1) is 0 Å². The fourth-order valence-corrected chi connectivity index (χ4v) is 1.43. The molecule has 1 amide bonds. The van der Waals surface area contributed by atoms with Crippen LogP contribution in [0.5, 0.6) is 0 Å².